The molecule has 1 aliphatic rings. The normalized spacial score (nSPS) is 20.6. The molecule has 1 fully saturated rings. The van der Waals surface area contributed by atoms with Gasteiger partial charge in [0.1, 0.15) is 6.04 Å². The molecule has 5 nitrogen and oxygen atoms in total. The molecule has 104 valence electrons. The Labute approximate surface area is 120 Å². The summed E-state index contributed by atoms with van der Waals surface area (Å²) in [6, 6.07) is 6.09. The fourth-order valence-corrected chi connectivity index (χ4v) is 4.44. The monoisotopic (exact) mass is 347 g/mol. The summed E-state index contributed by atoms with van der Waals surface area (Å²) in [5.74, 6) is -1.24. The third-order valence-corrected chi connectivity index (χ3v) is 5.43. The summed E-state index contributed by atoms with van der Waals surface area (Å²) in [4.78, 5) is 11.1. The predicted octanol–water partition coefficient (Wildman–Crippen LogP) is 1.83. The van der Waals surface area contributed by atoms with Crippen LogP contribution >= 0.6 is 15.9 Å². The Morgan fingerprint density at radius 1 is 1.47 bits per heavy atom. The highest BCUT2D eigenvalue weighted by Gasteiger charge is 2.38. The van der Waals surface area contributed by atoms with Crippen molar-refractivity contribution < 1.29 is 18.3 Å². The zero-order valence-corrected chi connectivity index (χ0v) is 12.5. The first kappa shape index (κ1) is 14.5. The SMILES string of the molecule is O=C(O)[C@H]1CCCN1S(=O)(=O)Cc1cccc(Br)c1. The molecule has 0 unspecified atom stereocenters. The Hall–Kier alpha value is -0.920. The third-order valence-electron chi connectivity index (χ3n) is 3.08. The van der Waals surface area contributed by atoms with Gasteiger partial charge in [-0.25, -0.2) is 8.42 Å². The summed E-state index contributed by atoms with van der Waals surface area (Å²) >= 11 is 3.29. The van der Waals surface area contributed by atoms with Gasteiger partial charge in [-0.1, -0.05) is 28.1 Å². The topological polar surface area (TPSA) is 74.7 Å². The second-order valence-corrected chi connectivity index (χ2v) is 7.33. The van der Waals surface area contributed by atoms with Crippen LogP contribution in [0.15, 0.2) is 28.7 Å². The van der Waals surface area contributed by atoms with Gasteiger partial charge in [0, 0.05) is 11.0 Å². The van der Waals surface area contributed by atoms with E-state index in [1.807, 2.05) is 6.07 Å². The van der Waals surface area contributed by atoms with Gasteiger partial charge < -0.3 is 5.11 Å². The molecule has 1 atom stereocenters. The molecule has 1 N–H and O–H groups in total. The minimum atomic E-state index is -3.59. The number of aliphatic carboxylic acids is 1. The van der Waals surface area contributed by atoms with Crippen molar-refractivity contribution >= 4 is 31.9 Å². The summed E-state index contributed by atoms with van der Waals surface area (Å²) in [6.07, 6.45) is 0.974. The van der Waals surface area contributed by atoms with E-state index in [1.54, 1.807) is 18.2 Å². The Kier molecular flexibility index (Phi) is 4.27. The number of hydrogen-bond acceptors (Lipinski definition) is 3. The molecule has 1 aliphatic heterocycles. The molecule has 0 aliphatic carbocycles. The summed E-state index contributed by atoms with van der Waals surface area (Å²) in [6.45, 7) is 0.285. The largest absolute Gasteiger partial charge is 0.480 e. The number of nitrogens with zero attached hydrogens (tertiary/aromatic N) is 1. The average Bonchev–Trinajstić information content (AvgIpc) is 2.77. The lowest BCUT2D eigenvalue weighted by molar-refractivity contribution is -0.140. The van der Waals surface area contributed by atoms with Gasteiger partial charge in [-0.2, -0.15) is 4.31 Å². The Morgan fingerprint density at radius 2 is 2.21 bits per heavy atom. The van der Waals surface area contributed by atoms with E-state index in [0.717, 1.165) is 8.78 Å². The first-order chi connectivity index (χ1) is 8.90. The molecule has 7 heteroatoms. The summed E-state index contributed by atoms with van der Waals surface area (Å²) in [5.41, 5.74) is 0.644. The van der Waals surface area contributed by atoms with Crippen LogP contribution in [-0.2, 0) is 20.6 Å². The predicted molar refractivity (Wildman–Crippen MR) is 74.1 cm³/mol. The summed E-state index contributed by atoms with van der Waals surface area (Å²) in [7, 11) is -3.59. The van der Waals surface area contributed by atoms with Crippen LogP contribution in [0.3, 0.4) is 0 Å². The smallest absolute Gasteiger partial charge is 0.322 e. The van der Waals surface area contributed by atoms with Gasteiger partial charge in [-0.05, 0) is 30.5 Å². The Balaban J connectivity index is 2.21. The van der Waals surface area contributed by atoms with Gasteiger partial charge in [0.25, 0.3) is 0 Å². The van der Waals surface area contributed by atoms with Gasteiger partial charge in [-0.15, -0.1) is 0 Å². The second kappa shape index (κ2) is 5.60. The molecule has 1 saturated heterocycles. The van der Waals surface area contributed by atoms with Crippen molar-refractivity contribution in [3.8, 4) is 0 Å². The number of benzene rings is 1. The number of halogens is 1. The minimum Gasteiger partial charge on any atom is -0.480 e. The lowest BCUT2D eigenvalue weighted by atomic mass is 10.2. The fourth-order valence-electron chi connectivity index (χ4n) is 2.24. The number of sulfonamides is 1. The Bertz CT molecular complexity index is 587. The highest BCUT2D eigenvalue weighted by molar-refractivity contribution is 9.10. The zero-order valence-electron chi connectivity index (χ0n) is 10.1. The van der Waals surface area contributed by atoms with Gasteiger partial charge in [0.2, 0.25) is 10.0 Å². The van der Waals surface area contributed by atoms with Crippen LogP contribution in [0.1, 0.15) is 18.4 Å². The third kappa shape index (κ3) is 3.34. The highest BCUT2D eigenvalue weighted by Crippen LogP contribution is 2.24. The lowest BCUT2D eigenvalue weighted by Gasteiger charge is -2.20. The number of rotatable bonds is 4. The van der Waals surface area contributed by atoms with E-state index in [-0.39, 0.29) is 12.3 Å². The first-order valence-corrected chi connectivity index (χ1v) is 8.27. The van der Waals surface area contributed by atoms with E-state index >= 15 is 0 Å². The van der Waals surface area contributed by atoms with E-state index in [4.69, 9.17) is 5.11 Å². The molecular weight excluding hydrogens is 334 g/mol. The van der Waals surface area contributed by atoms with Crippen molar-refractivity contribution in [3.63, 3.8) is 0 Å². The quantitative estimate of drug-likeness (QED) is 0.901. The molecule has 1 aromatic rings. The molecule has 1 aromatic carbocycles. The van der Waals surface area contributed by atoms with Crippen molar-refractivity contribution in [1.82, 2.24) is 4.31 Å². The van der Waals surface area contributed by atoms with Crippen LogP contribution in [0.25, 0.3) is 0 Å². The van der Waals surface area contributed by atoms with Crippen molar-refractivity contribution in [2.24, 2.45) is 0 Å². The molecular formula is C12H14BrNO4S. The van der Waals surface area contributed by atoms with Crippen LogP contribution in [0.5, 0.6) is 0 Å². The number of carboxylic acids is 1. The van der Waals surface area contributed by atoms with Crippen LogP contribution in [0, 0.1) is 0 Å². The standard InChI is InChI=1S/C12H14BrNO4S/c13-10-4-1-3-9(7-10)8-19(17,18)14-6-2-5-11(14)12(15)16/h1,3-4,7,11H,2,5-6,8H2,(H,15,16)/t11-/m1/s1. The first-order valence-electron chi connectivity index (χ1n) is 5.87. The van der Waals surface area contributed by atoms with Crippen LogP contribution in [-0.4, -0.2) is 36.4 Å². The number of carbonyl (C=O) groups is 1. The van der Waals surface area contributed by atoms with E-state index in [0.29, 0.717) is 18.4 Å². The van der Waals surface area contributed by atoms with Crippen LogP contribution < -0.4 is 0 Å². The van der Waals surface area contributed by atoms with Gasteiger partial charge in [0.15, 0.2) is 0 Å². The molecule has 0 amide bonds. The average molecular weight is 348 g/mol. The van der Waals surface area contributed by atoms with E-state index in [2.05, 4.69) is 15.9 Å². The van der Waals surface area contributed by atoms with Crippen molar-refractivity contribution in [3.05, 3.63) is 34.3 Å². The lowest BCUT2D eigenvalue weighted by Crippen LogP contribution is -2.40. The van der Waals surface area contributed by atoms with Crippen LogP contribution in [0.4, 0.5) is 0 Å². The summed E-state index contributed by atoms with van der Waals surface area (Å²) < 4.78 is 26.5. The maximum Gasteiger partial charge on any atom is 0.322 e. The number of hydrogen-bond donors (Lipinski definition) is 1. The molecule has 2 rings (SSSR count). The van der Waals surface area contributed by atoms with Gasteiger partial charge in [0.05, 0.1) is 5.75 Å². The van der Waals surface area contributed by atoms with E-state index in [9.17, 15) is 13.2 Å². The molecule has 0 bridgehead atoms. The van der Waals surface area contributed by atoms with Gasteiger partial charge in [-0.3, -0.25) is 4.79 Å². The summed E-state index contributed by atoms with van der Waals surface area (Å²) in [5, 5.41) is 9.04. The Morgan fingerprint density at radius 3 is 2.84 bits per heavy atom. The van der Waals surface area contributed by atoms with Crippen molar-refractivity contribution in [1.29, 1.82) is 0 Å². The maximum absolute atomic E-state index is 12.3. The molecule has 1 heterocycles. The molecule has 0 saturated carbocycles. The molecule has 0 aromatic heterocycles. The van der Waals surface area contributed by atoms with Gasteiger partial charge >= 0.3 is 5.97 Å². The number of carboxylic acid groups (broad SMARTS) is 1. The van der Waals surface area contributed by atoms with Crippen molar-refractivity contribution in [2.45, 2.75) is 24.6 Å². The van der Waals surface area contributed by atoms with Crippen molar-refractivity contribution in [2.75, 3.05) is 6.54 Å². The van der Waals surface area contributed by atoms with Crippen LogP contribution in [0.2, 0.25) is 0 Å². The van der Waals surface area contributed by atoms with E-state index < -0.39 is 22.0 Å². The molecule has 19 heavy (non-hydrogen) atoms. The molecule has 0 spiro atoms. The van der Waals surface area contributed by atoms with E-state index in [1.165, 1.54) is 0 Å². The maximum atomic E-state index is 12.3. The molecule has 0 radical (unpaired) electrons. The highest BCUT2D eigenvalue weighted by atomic mass is 79.9. The minimum absolute atomic E-state index is 0.170. The fraction of sp³-hybridized carbons (Fsp3) is 0.417. The second-order valence-electron chi connectivity index (χ2n) is 4.49. The zero-order chi connectivity index (χ0) is 14.0.